The van der Waals surface area contributed by atoms with Crippen molar-refractivity contribution >= 4 is 0 Å². The summed E-state index contributed by atoms with van der Waals surface area (Å²) in [6, 6.07) is 56.9. The van der Waals surface area contributed by atoms with Crippen LogP contribution in [0.1, 0.15) is 0 Å². The molecule has 0 aliphatic carbocycles. The number of benzene rings is 6. The molecule has 36 heavy (non-hydrogen) atoms. The highest BCUT2D eigenvalue weighted by atomic mass is 14.1. The molecule has 6 rings (SSSR count). The highest BCUT2D eigenvalue weighted by molar-refractivity contribution is 5.76. The molecule has 0 aliphatic rings. The van der Waals surface area contributed by atoms with Gasteiger partial charge < -0.3 is 0 Å². The summed E-state index contributed by atoms with van der Waals surface area (Å²) < 4.78 is 0. The lowest BCUT2D eigenvalue weighted by Gasteiger charge is -2.08. The molecule has 0 N–H and O–H groups in total. The van der Waals surface area contributed by atoms with Crippen molar-refractivity contribution in [3.63, 3.8) is 0 Å². The predicted octanol–water partition coefficient (Wildman–Crippen LogP) is 9.82. The quantitative estimate of drug-likeness (QED) is 0.242. The summed E-state index contributed by atoms with van der Waals surface area (Å²) in [4.78, 5) is 0. The second kappa shape index (κ2) is 9.90. The van der Waals surface area contributed by atoms with Crippen molar-refractivity contribution in [1.29, 1.82) is 0 Å². The lowest BCUT2D eigenvalue weighted by Crippen LogP contribution is -1.83. The zero-order chi connectivity index (χ0) is 24.2. The molecule has 0 nitrogen and oxygen atoms in total. The fraction of sp³-hybridized carbons (Fsp3) is 0. The maximum atomic E-state index is 3.08. The van der Waals surface area contributed by atoms with Crippen LogP contribution in [-0.2, 0) is 0 Å². The molecular formula is C36H25. The molecule has 0 fully saturated rings. The Morgan fingerprint density at radius 3 is 0.722 bits per heavy atom. The summed E-state index contributed by atoms with van der Waals surface area (Å²) in [5, 5.41) is 0. The van der Waals surface area contributed by atoms with E-state index in [-0.39, 0.29) is 0 Å². The smallest absolute Gasteiger partial charge is 0.0184 e. The van der Waals surface area contributed by atoms with Crippen molar-refractivity contribution in [2.24, 2.45) is 0 Å². The van der Waals surface area contributed by atoms with Gasteiger partial charge in [-0.1, -0.05) is 152 Å². The molecule has 0 saturated heterocycles. The van der Waals surface area contributed by atoms with Crippen LogP contribution in [0.25, 0.3) is 55.6 Å². The van der Waals surface area contributed by atoms with Crippen LogP contribution in [0.5, 0.6) is 0 Å². The van der Waals surface area contributed by atoms with E-state index >= 15 is 0 Å². The van der Waals surface area contributed by atoms with Gasteiger partial charge in [-0.05, 0) is 61.7 Å². The number of rotatable bonds is 5. The largest absolute Gasteiger partial charge is 0.0622 e. The van der Waals surface area contributed by atoms with Crippen molar-refractivity contribution in [2.75, 3.05) is 0 Å². The van der Waals surface area contributed by atoms with Gasteiger partial charge in [-0.2, -0.15) is 0 Å². The SMILES string of the molecule is [c]1ccc(-c2ccc(-c3ccc(-c4ccc(-c5ccc(-c6ccccc6)cc5)cc4)cc3)cc2)cc1. The predicted molar refractivity (Wildman–Crippen MR) is 152 cm³/mol. The van der Waals surface area contributed by atoms with Crippen LogP contribution in [0.2, 0.25) is 0 Å². The summed E-state index contributed by atoms with van der Waals surface area (Å²) in [6.07, 6.45) is 0. The van der Waals surface area contributed by atoms with Crippen LogP contribution in [0.3, 0.4) is 0 Å². The van der Waals surface area contributed by atoms with Gasteiger partial charge in [0.25, 0.3) is 0 Å². The second-order valence-corrected chi connectivity index (χ2v) is 8.96. The fourth-order valence-electron chi connectivity index (χ4n) is 4.63. The third kappa shape index (κ3) is 4.62. The Bertz CT molecular complexity index is 1420. The fourth-order valence-corrected chi connectivity index (χ4v) is 4.63. The van der Waals surface area contributed by atoms with Crippen LogP contribution < -0.4 is 0 Å². The molecule has 0 heterocycles. The minimum absolute atomic E-state index is 1.21. The Labute approximate surface area is 213 Å². The Kier molecular flexibility index (Phi) is 6.00. The van der Waals surface area contributed by atoms with Crippen LogP contribution in [-0.4, -0.2) is 0 Å². The van der Waals surface area contributed by atoms with Gasteiger partial charge in [-0.3, -0.25) is 0 Å². The molecule has 0 aliphatic heterocycles. The van der Waals surface area contributed by atoms with Crippen LogP contribution in [0, 0.1) is 6.07 Å². The molecule has 169 valence electrons. The van der Waals surface area contributed by atoms with Gasteiger partial charge in [0, 0.05) is 0 Å². The Balaban J connectivity index is 1.17. The van der Waals surface area contributed by atoms with Crippen molar-refractivity contribution in [3.8, 4) is 55.6 Å². The zero-order valence-corrected chi connectivity index (χ0v) is 19.9. The molecule has 0 bridgehead atoms. The van der Waals surface area contributed by atoms with E-state index in [1.807, 2.05) is 12.1 Å². The van der Waals surface area contributed by atoms with Gasteiger partial charge in [-0.15, -0.1) is 0 Å². The highest BCUT2D eigenvalue weighted by Gasteiger charge is 2.04. The first kappa shape index (κ1) is 21.8. The van der Waals surface area contributed by atoms with E-state index in [4.69, 9.17) is 0 Å². The van der Waals surface area contributed by atoms with Gasteiger partial charge >= 0.3 is 0 Å². The first-order valence-electron chi connectivity index (χ1n) is 12.3. The maximum Gasteiger partial charge on any atom is -0.0184 e. The van der Waals surface area contributed by atoms with E-state index in [0.29, 0.717) is 0 Å². The molecule has 6 aromatic rings. The molecule has 0 aromatic heterocycles. The average molecular weight is 458 g/mol. The van der Waals surface area contributed by atoms with E-state index in [2.05, 4.69) is 146 Å². The zero-order valence-electron chi connectivity index (χ0n) is 19.9. The van der Waals surface area contributed by atoms with Gasteiger partial charge in [0.1, 0.15) is 0 Å². The van der Waals surface area contributed by atoms with Gasteiger partial charge in [0.05, 0.1) is 0 Å². The van der Waals surface area contributed by atoms with Gasteiger partial charge in [-0.25, -0.2) is 0 Å². The monoisotopic (exact) mass is 457 g/mol. The van der Waals surface area contributed by atoms with Crippen molar-refractivity contribution in [1.82, 2.24) is 0 Å². The first-order valence-corrected chi connectivity index (χ1v) is 12.3. The molecule has 0 heteroatoms. The van der Waals surface area contributed by atoms with Crippen LogP contribution in [0.4, 0.5) is 0 Å². The number of hydrogen-bond acceptors (Lipinski definition) is 0. The van der Waals surface area contributed by atoms with Gasteiger partial charge in [0.2, 0.25) is 0 Å². The van der Waals surface area contributed by atoms with Crippen molar-refractivity contribution < 1.29 is 0 Å². The van der Waals surface area contributed by atoms with Crippen LogP contribution >= 0.6 is 0 Å². The van der Waals surface area contributed by atoms with E-state index in [0.717, 1.165) is 0 Å². The molecule has 0 spiro atoms. The molecule has 0 atom stereocenters. The molecule has 6 aromatic carbocycles. The summed E-state index contributed by atoms with van der Waals surface area (Å²) in [7, 11) is 0. The van der Waals surface area contributed by atoms with Crippen molar-refractivity contribution in [3.05, 3.63) is 158 Å². The lowest BCUT2D eigenvalue weighted by molar-refractivity contribution is 1.56. The molecule has 0 unspecified atom stereocenters. The molecule has 0 saturated carbocycles. The standard InChI is InChI=1S/C36H25/c1-3-7-27(8-4-1)29-11-15-31(16-12-29)33-19-23-35(24-20-33)36-25-21-34(22-26-36)32-17-13-30(14-18-32)28-9-5-2-6-10-28/h1,3-26H. The summed E-state index contributed by atoms with van der Waals surface area (Å²) in [6.45, 7) is 0. The Morgan fingerprint density at radius 2 is 0.444 bits per heavy atom. The minimum atomic E-state index is 1.21. The maximum absolute atomic E-state index is 3.08. The number of hydrogen-bond donors (Lipinski definition) is 0. The van der Waals surface area contributed by atoms with E-state index in [1.165, 1.54) is 55.6 Å². The minimum Gasteiger partial charge on any atom is -0.0622 e. The molecular weight excluding hydrogens is 432 g/mol. The topological polar surface area (TPSA) is 0 Å². The highest BCUT2D eigenvalue weighted by Crippen LogP contribution is 2.30. The molecule has 1 radical (unpaired) electrons. The lowest BCUT2D eigenvalue weighted by atomic mass is 9.96. The summed E-state index contributed by atoms with van der Waals surface area (Å²) >= 11 is 0. The normalized spacial score (nSPS) is 10.8. The van der Waals surface area contributed by atoms with E-state index in [9.17, 15) is 0 Å². The Morgan fingerprint density at radius 1 is 0.222 bits per heavy atom. The van der Waals surface area contributed by atoms with E-state index < -0.39 is 0 Å². The van der Waals surface area contributed by atoms with Crippen LogP contribution in [0.15, 0.2) is 152 Å². The van der Waals surface area contributed by atoms with Gasteiger partial charge in [0.15, 0.2) is 0 Å². The first-order chi connectivity index (χ1) is 17.8. The van der Waals surface area contributed by atoms with E-state index in [1.54, 1.807) is 0 Å². The van der Waals surface area contributed by atoms with Crippen molar-refractivity contribution in [2.45, 2.75) is 0 Å². The second-order valence-electron chi connectivity index (χ2n) is 8.96. The summed E-state index contributed by atoms with van der Waals surface area (Å²) in [5.74, 6) is 0. The molecule has 0 amide bonds. The average Bonchev–Trinajstić information content (AvgIpc) is 2.98. The third-order valence-electron chi connectivity index (χ3n) is 6.70. The Hall–Kier alpha value is -4.68. The summed E-state index contributed by atoms with van der Waals surface area (Å²) in [5.41, 5.74) is 12.3. The third-order valence-corrected chi connectivity index (χ3v) is 6.70.